The van der Waals surface area contributed by atoms with Gasteiger partial charge in [0.1, 0.15) is 5.78 Å². The van der Waals surface area contributed by atoms with Gasteiger partial charge in [-0.15, -0.1) is 6.42 Å². The molecule has 0 fully saturated rings. The first kappa shape index (κ1) is 15.7. The molecular weight excluding hydrogens is 248 g/mol. The molecule has 102 valence electrons. The van der Waals surface area contributed by atoms with Crippen molar-refractivity contribution in [3.63, 3.8) is 0 Å². The lowest BCUT2D eigenvalue weighted by Crippen LogP contribution is -2.05. The summed E-state index contributed by atoms with van der Waals surface area (Å²) >= 11 is 0. The molecule has 0 saturated carbocycles. The number of carbonyl (C=O) groups excluding carboxylic acids is 2. The van der Waals surface area contributed by atoms with Gasteiger partial charge in [-0.1, -0.05) is 37.1 Å². The highest BCUT2D eigenvalue weighted by Crippen LogP contribution is 2.13. The number of rotatable bonds is 6. The zero-order chi connectivity index (χ0) is 15.0. The topological polar surface area (TPSA) is 34.1 Å². The van der Waals surface area contributed by atoms with Crippen molar-refractivity contribution in [3.8, 4) is 12.3 Å². The normalized spacial score (nSPS) is 11.3. The second-order valence-corrected chi connectivity index (χ2v) is 4.34. The number of carbonyl (C=O) groups is 2. The van der Waals surface area contributed by atoms with Crippen LogP contribution in [-0.4, -0.2) is 11.6 Å². The van der Waals surface area contributed by atoms with E-state index in [1.165, 1.54) is 6.08 Å². The van der Waals surface area contributed by atoms with Gasteiger partial charge in [0.2, 0.25) is 0 Å². The molecule has 0 unspecified atom stereocenters. The molecule has 0 heterocycles. The average molecular weight is 266 g/mol. The van der Waals surface area contributed by atoms with Crippen LogP contribution in [0.3, 0.4) is 0 Å². The summed E-state index contributed by atoms with van der Waals surface area (Å²) in [6.45, 7) is 3.62. The Balaban J connectivity index is 2.99. The molecule has 1 aromatic carbocycles. The molecule has 2 nitrogen and oxygen atoms in total. The number of allylic oxidation sites excluding steroid dienone is 4. The van der Waals surface area contributed by atoms with Crippen LogP contribution in [0.2, 0.25) is 0 Å². The highest BCUT2D eigenvalue weighted by Gasteiger charge is 2.10. The summed E-state index contributed by atoms with van der Waals surface area (Å²) in [4.78, 5) is 23.8. The van der Waals surface area contributed by atoms with Crippen LogP contribution in [0.1, 0.15) is 36.2 Å². The molecule has 0 saturated heterocycles. The molecule has 0 atom stereocenters. The summed E-state index contributed by atoms with van der Waals surface area (Å²) in [5.74, 6) is 2.43. The second-order valence-electron chi connectivity index (χ2n) is 4.34. The van der Waals surface area contributed by atoms with Crippen LogP contribution in [-0.2, 0) is 11.2 Å². The number of hydrogen-bond donors (Lipinski definition) is 0. The quantitative estimate of drug-likeness (QED) is 0.341. The minimum Gasteiger partial charge on any atom is -0.299 e. The SMILES string of the molecule is C#C/C=C\C(=C/C)C(=O)c1cccc(CC(=O)CC)c1. The standard InChI is InChI=1S/C18H18O2/c1-4-7-10-15(5-2)18(20)16-11-8-9-14(12-16)13-17(19)6-3/h1,5,7-12H,6,13H2,2-3H3/b10-7-,15-5+. The van der Waals surface area contributed by atoms with Gasteiger partial charge in [-0.2, -0.15) is 0 Å². The van der Waals surface area contributed by atoms with E-state index >= 15 is 0 Å². The number of hydrogen-bond acceptors (Lipinski definition) is 2. The molecule has 0 bridgehead atoms. The molecule has 0 aromatic heterocycles. The number of terminal acetylenes is 1. The van der Waals surface area contributed by atoms with Gasteiger partial charge in [-0.05, 0) is 30.7 Å². The maximum atomic E-state index is 12.3. The lowest BCUT2D eigenvalue weighted by Gasteiger charge is -2.04. The molecule has 1 aromatic rings. The monoisotopic (exact) mass is 266 g/mol. The molecular formula is C18H18O2. The summed E-state index contributed by atoms with van der Waals surface area (Å²) in [7, 11) is 0. The Bertz CT molecular complexity index is 598. The molecule has 0 aliphatic heterocycles. The van der Waals surface area contributed by atoms with Crippen LogP contribution < -0.4 is 0 Å². The summed E-state index contributed by atoms with van der Waals surface area (Å²) in [5, 5.41) is 0. The zero-order valence-corrected chi connectivity index (χ0v) is 11.8. The van der Waals surface area contributed by atoms with Crippen molar-refractivity contribution in [1.82, 2.24) is 0 Å². The largest absolute Gasteiger partial charge is 0.299 e. The molecule has 0 aliphatic rings. The van der Waals surface area contributed by atoms with Crippen LogP contribution in [0.15, 0.2) is 48.1 Å². The lowest BCUT2D eigenvalue weighted by atomic mass is 9.98. The van der Waals surface area contributed by atoms with Gasteiger partial charge >= 0.3 is 0 Å². The smallest absolute Gasteiger partial charge is 0.192 e. The van der Waals surface area contributed by atoms with Crippen LogP contribution in [0.5, 0.6) is 0 Å². The van der Waals surface area contributed by atoms with E-state index in [0.717, 1.165) is 5.56 Å². The van der Waals surface area contributed by atoms with Crippen molar-refractivity contribution in [1.29, 1.82) is 0 Å². The van der Waals surface area contributed by atoms with E-state index in [2.05, 4.69) is 5.92 Å². The van der Waals surface area contributed by atoms with Crippen molar-refractivity contribution in [2.75, 3.05) is 0 Å². The van der Waals surface area contributed by atoms with Crippen molar-refractivity contribution >= 4 is 11.6 Å². The van der Waals surface area contributed by atoms with Crippen molar-refractivity contribution in [2.24, 2.45) is 0 Å². The molecule has 0 spiro atoms. The second kappa shape index (κ2) is 7.91. The highest BCUT2D eigenvalue weighted by atomic mass is 16.1. The number of ketones is 2. The first-order valence-electron chi connectivity index (χ1n) is 6.56. The molecule has 0 aliphatic carbocycles. The lowest BCUT2D eigenvalue weighted by molar-refractivity contribution is -0.118. The average Bonchev–Trinajstić information content (AvgIpc) is 2.48. The number of Topliss-reactive ketones (excluding diaryl/α,β-unsaturated/α-hetero) is 2. The van der Waals surface area contributed by atoms with E-state index in [9.17, 15) is 9.59 Å². The first-order chi connectivity index (χ1) is 9.62. The van der Waals surface area contributed by atoms with Crippen LogP contribution in [0.25, 0.3) is 0 Å². The van der Waals surface area contributed by atoms with Crippen molar-refractivity contribution in [3.05, 3.63) is 59.2 Å². The third-order valence-corrected chi connectivity index (χ3v) is 2.92. The minimum absolute atomic E-state index is 0.0928. The fraction of sp³-hybridized carbons (Fsp3) is 0.222. The van der Waals surface area contributed by atoms with Gasteiger partial charge in [-0.3, -0.25) is 9.59 Å². The highest BCUT2D eigenvalue weighted by molar-refractivity contribution is 6.10. The summed E-state index contributed by atoms with van der Waals surface area (Å²) in [5.41, 5.74) is 1.97. The molecule has 2 heteroatoms. The first-order valence-corrected chi connectivity index (χ1v) is 6.56. The van der Waals surface area contributed by atoms with Gasteiger partial charge < -0.3 is 0 Å². The Labute approximate surface area is 120 Å². The van der Waals surface area contributed by atoms with E-state index < -0.39 is 0 Å². The maximum Gasteiger partial charge on any atom is 0.192 e. The summed E-state index contributed by atoms with van der Waals surface area (Å²) in [6, 6.07) is 7.17. The fourth-order valence-electron chi connectivity index (χ4n) is 1.78. The Morgan fingerprint density at radius 1 is 1.35 bits per heavy atom. The van der Waals surface area contributed by atoms with Crippen molar-refractivity contribution in [2.45, 2.75) is 26.7 Å². The molecule has 0 radical (unpaired) electrons. The van der Waals surface area contributed by atoms with Gasteiger partial charge in [-0.25, -0.2) is 0 Å². The minimum atomic E-state index is -0.0928. The van der Waals surface area contributed by atoms with Crippen LogP contribution >= 0.6 is 0 Å². The molecule has 1 rings (SSSR count). The van der Waals surface area contributed by atoms with Gasteiger partial charge in [0, 0.05) is 24.0 Å². The Morgan fingerprint density at radius 2 is 2.10 bits per heavy atom. The zero-order valence-electron chi connectivity index (χ0n) is 11.8. The third-order valence-electron chi connectivity index (χ3n) is 2.92. The molecule has 0 N–H and O–H groups in total. The third kappa shape index (κ3) is 4.37. The van der Waals surface area contributed by atoms with Crippen molar-refractivity contribution < 1.29 is 9.59 Å². The Kier molecular flexibility index (Phi) is 6.19. The summed E-state index contributed by atoms with van der Waals surface area (Å²) in [6.07, 6.45) is 10.9. The Morgan fingerprint density at radius 3 is 2.70 bits per heavy atom. The number of benzene rings is 1. The van der Waals surface area contributed by atoms with Gasteiger partial charge in [0.25, 0.3) is 0 Å². The van der Waals surface area contributed by atoms with E-state index in [-0.39, 0.29) is 11.6 Å². The van der Waals surface area contributed by atoms with E-state index in [1.807, 2.05) is 13.0 Å². The van der Waals surface area contributed by atoms with E-state index in [1.54, 1.807) is 37.3 Å². The van der Waals surface area contributed by atoms with Gasteiger partial charge in [0.05, 0.1) is 0 Å². The predicted molar refractivity (Wildman–Crippen MR) is 81.5 cm³/mol. The Hall–Kier alpha value is -2.40. The maximum absolute atomic E-state index is 12.3. The molecule has 20 heavy (non-hydrogen) atoms. The van der Waals surface area contributed by atoms with Gasteiger partial charge in [0.15, 0.2) is 5.78 Å². The van der Waals surface area contributed by atoms with E-state index in [4.69, 9.17) is 6.42 Å². The van der Waals surface area contributed by atoms with E-state index in [0.29, 0.717) is 24.0 Å². The summed E-state index contributed by atoms with van der Waals surface area (Å²) < 4.78 is 0. The predicted octanol–water partition coefficient (Wildman–Crippen LogP) is 3.53. The van der Waals surface area contributed by atoms with Crippen LogP contribution in [0.4, 0.5) is 0 Å². The fourth-order valence-corrected chi connectivity index (χ4v) is 1.78. The van der Waals surface area contributed by atoms with Crippen LogP contribution in [0, 0.1) is 12.3 Å². The molecule has 0 amide bonds.